The van der Waals surface area contributed by atoms with Crippen molar-refractivity contribution >= 4 is 41.5 Å². The van der Waals surface area contributed by atoms with E-state index in [0.29, 0.717) is 43.3 Å². The molecule has 3 aliphatic heterocycles. The normalized spacial score (nSPS) is 34.0. The van der Waals surface area contributed by atoms with Gasteiger partial charge in [0.25, 0.3) is 11.7 Å². The van der Waals surface area contributed by atoms with E-state index < -0.39 is 114 Å². The SMILES string of the molecule is CCC1=CCC(C(C)=CC(C)C(C)OC(C)=O)OC(=O)C2CCCCN2C(=O)C(=O)C2(O)OC(CCC2C)CC(O)C(C)C(O)CC(OC(C)=O)CC(OC(C)=O)C(C)=CC(C)CC(C)C1OC(C)=O. The number of hydrogen-bond donors (Lipinski definition) is 3. The third-order valence-electron chi connectivity index (χ3n) is 14.2. The predicted octanol–water partition coefficient (Wildman–Crippen LogP) is 6.56. The molecule has 3 heterocycles. The van der Waals surface area contributed by atoms with E-state index in [1.54, 1.807) is 34.6 Å². The summed E-state index contributed by atoms with van der Waals surface area (Å²) in [6.07, 6.45) is 0.962. The molecule has 15 atom stereocenters. The molecule has 1 amide bonds. The summed E-state index contributed by atoms with van der Waals surface area (Å²) in [5.74, 6) is -10.3. The van der Waals surface area contributed by atoms with Gasteiger partial charge in [0, 0.05) is 71.3 Å². The van der Waals surface area contributed by atoms with Gasteiger partial charge in [-0.05, 0) is 101 Å². The maximum Gasteiger partial charge on any atom is 0.329 e. The number of esters is 5. The number of cyclic esters (lactones) is 1. The molecule has 0 aromatic rings. The van der Waals surface area contributed by atoms with Gasteiger partial charge in [0.2, 0.25) is 5.79 Å². The van der Waals surface area contributed by atoms with Gasteiger partial charge < -0.3 is 48.6 Å². The second kappa shape index (κ2) is 27.4. The lowest BCUT2D eigenvalue weighted by molar-refractivity contribution is -0.266. The number of aliphatic hydroxyl groups is 3. The van der Waals surface area contributed by atoms with Gasteiger partial charge in [-0.25, -0.2) is 4.79 Å². The van der Waals surface area contributed by atoms with E-state index in [1.165, 1.54) is 27.7 Å². The lowest BCUT2D eigenvalue weighted by atomic mass is 9.83. The van der Waals surface area contributed by atoms with Gasteiger partial charge >= 0.3 is 29.8 Å². The van der Waals surface area contributed by atoms with Gasteiger partial charge in [0.1, 0.15) is 36.6 Å². The summed E-state index contributed by atoms with van der Waals surface area (Å²) < 4.78 is 35.2. The van der Waals surface area contributed by atoms with E-state index in [2.05, 4.69) is 0 Å². The van der Waals surface area contributed by atoms with E-state index in [9.17, 15) is 48.9 Å². The minimum absolute atomic E-state index is 0.00580. The largest absolute Gasteiger partial charge is 0.462 e. The molecule has 70 heavy (non-hydrogen) atoms. The molecule has 0 saturated carbocycles. The van der Waals surface area contributed by atoms with Crippen molar-refractivity contribution in [1.82, 2.24) is 4.90 Å². The molecular weight excluding hydrogens is 907 g/mol. The van der Waals surface area contributed by atoms with E-state index in [1.807, 2.05) is 45.9 Å². The molecule has 17 nitrogen and oxygen atoms in total. The van der Waals surface area contributed by atoms with Crippen molar-refractivity contribution in [3.63, 3.8) is 0 Å². The second-order valence-corrected chi connectivity index (χ2v) is 20.3. The van der Waals surface area contributed by atoms with Crippen LogP contribution in [0.5, 0.6) is 0 Å². The average Bonchev–Trinajstić information content (AvgIpc) is 3.27. The zero-order valence-electron chi connectivity index (χ0n) is 43.9. The number of amides is 1. The van der Waals surface area contributed by atoms with Crippen LogP contribution in [0.25, 0.3) is 0 Å². The fourth-order valence-electron chi connectivity index (χ4n) is 9.99. The van der Waals surface area contributed by atoms with Crippen molar-refractivity contribution in [1.29, 1.82) is 0 Å². The molecule has 0 radical (unpaired) electrons. The standard InChI is InChI=1S/C53H83NO16/c1-14-41-19-21-47(32(5)25-30(3)36(9)65-37(10)55)69-52(63)44-17-15-16-22-54(44)51(62)50(61)53(64)34(7)18-20-42(70-53)26-45(59)35(8)46(60)27-43(66-38(11)56)28-48(67-39(12)57)31(4)23-29(2)24-33(6)49(41)68-40(13)58/h19,23,25,29-30,33-36,42-49,59-60,64H,14-18,20-22,24,26-28H2,1-13H3. The Kier molecular flexibility index (Phi) is 23.4. The molecule has 15 unspecified atom stereocenters. The smallest absolute Gasteiger partial charge is 0.329 e. The Bertz CT molecular complexity index is 1930. The highest BCUT2D eigenvalue weighted by atomic mass is 16.6. The first kappa shape index (κ1) is 59.9. The van der Waals surface area contributed by atoms with E-state index in [-0.39, 0.29) is 62.8 Å². The van der Waals surface area contributed by atoms with Crippen molar-refractivity contribution in [2.24, 2.45) is 29.6 Å². The number of nitrogens with zero attached hydrogens (tertiary/aromatic N) is 1. The molecule has 2 bridgehead atoms. The number of Topliss-reactive ketones (excluding diaryl/α,β-unsaturated/α-hetero) is 1. The number of hydrogen-bond acceptors (Lipinski definition) is 16. The number of carbonyl (C=O) groups excluding carboxylic acids is 7. The number of fused-ring (bicyclic) bond motifs is 3. The topological polar surface area (TPSA) is 239 Å². The Balaban J connectivity index is 2.21. The summed E-state index contributed by atoms with van der Waals surface area (Å²) >= 11 is 0. The van der Waals surface area contributed by atoms with Crippen molar-refractivity contribution < 1.29 is 77.3 Å². The van der Waals surface area contributed by atoms with Crippen molar-refractivity contribution in [3.8, 4) is 0 Å². The third-order valence-corrected chi connectivity index (χ3v) is 14.2. The molecule has 2 fully saturated rings. The Hall–Kier alpha value is -4.45. The number of carbonyl (C=O) groups is 7. The quantitative estimate of drug-likeness (QED) is 0.101. The molecule has 17 heteroatoms. The summed E-state index contributed by atoms with van der Waals surface area (Å²) in [4.78, 5) is 93.5. The van der Waals surface area contributed by atoms with Crippen LogP contribution >= 0.6 is 0 Å². The zero-order chi connectivity index (χ0) is 52.8. The number of allylic oxidation sites excluding steroid dienone is 1. The lowest BCUT2D eigenvalue weighted by Crippen LogP contribution is -2.61. The summed E-state index contributed by atoms with van der Waals surface area (Å²) in [7, 11) is 0. The highest BCUT2D eigenvalue weighted by molar-refractivity contribution is 6.39. The Labute approximate surface area is 415 Å². The maximum absolute atomic E-state index is 14.4. The van der Waals surface area contributed by atoms with E-state index in [0.717, 1.165) is 10.5 Å². The summed E-state index contributed by atoms with van der Waals surface area (Å²) in [6, 6.07) is -1.18. The molecular formula is C53H83NO16. The highest BCUT2D eigenvalue weighted by Crippen LogP contribution is 2.37. The summed E-state index contributed by atoms with van der Waals surface area (Å²) in [5, 5.41) is 34.9. The van der Waals surface area contributed by atoms with E-state index >= 15 is 0 Å². The van der Waals surface area contributed by atoms with Crippen molar-refractivity contribution in [3.05, 3.63) is 34.9 Å². The first-order chi connectivity index (χ1) is 32.7. The fourth-order valence-corrected chi connectivity index (χ4v) is 9.99. The van der Waals surface area contributed by atoms with Crippen LogP contribution in [0, 0.1) is 29.6 Å². The molecule has 0 spiro atoms. The molecule has 0 aromatic heterocycles. The van der Waals surface area contributed by atoms with Crippen molar-refractivity contribution in [2.75, 3.05) is 6.54 Å². The van der Waals surface area contributed by atoms with Crippen LogP contribution in [0.15, 0.2) is 34.9 Å². The van der Waals surface area contributed by atoms with Gasteiger partial charge in [0.15, 0.2) is 0 Å². The minimum Gasteiger partial charge on any atom is -0.462 e. The summed E-state index contributed by atoms with van der Waals surface area (Å²) in [5.41, 5.74) is 2.04. The average molecular weight is 990 g/mol. The Morgan fingerprint density at radius 1 is 0.843 bits per heavy atom. The van der Waals surface area contributed by atoms with Gasteiger partial charge in [-0.15, -0.1) is 0 Å². The second-order valence-electron chi connectivity index (χ2n) is 20.3. The summed E-state index contributed by atoms with van der Waals surface area (Å²) in [6.45, 7) is 21.4. The van der Waals surface area contributed by atoms with Crippen LogP contribution in [-0.4, -0.2) is 129 Å². The molecule has 3 N–H and O–H groups in total. The Morgan fingerprint density at radius 3 is 2.07 bits per heavy atom. The molecule has 0 aliphatic carbocycles. The van der Waals surface area contributed by atoms with Gasteiger partial charge in [0.05, 0.1) is 18.3 Å². The van der Waals surface area contributed by atoms with Crippen LogP contribution in [0.3, 0.4) is 0 Å². The van der Waals surface area contributed by atoms with Gasteiger partial charge in [-0.3, -0.25) is 28.8 Å². The number of aliphatic hydroxyl groups excluding tert-OH is 2. The molecule has 396 valence electrons. The van der Waals surface area contributed by atoms with Crippen LogP contribution in [0.1, 0.15) is 161 Å². The number of ether oxygens (including phenoxy) is 6. The highest BCUT2D eigenvalue weighted by Gasteiger charge is 2.53. The van der Waals surface area contributed by atoms with Crippen LogP contribution < -0.4 is 0 Å². The Morgan fingerprint density at radius 2 is 1.47 bits per heavy atom. The minimum atomic E-state index is -2.60. The maximum atomic E-state index is 14.4. The van der Waals surface area contributed by atoms with E-state index in [4.69, 9.17) is 28.4 Å². The molecule has 3 aliphatic rings. The third kappa shape index (κ3) is 17.4. The van der Waals surface area contributed by atoms with Crippen molar-refractivity contribution in [2.45, 2.75) is 221 Å². The first-order valence-electron chi connectivity index (χ1n) is 25.2. The fraction of sp³-hybridized carbons (Fsp3) is 0.755. The zero-order valence-corrected chi connectivity index (χ0v) is 43.9. The monoisotopic (exact) mass is 990 g/mol. The number of ketones is 1. The number of rotatable bonds is 8. The van der Waals surface area contributed by atoms with Gasteiger partial charge in [-0.1, -0.05) is 59.8 Å². The van der Waals surface area contributed by atoms with Crippen LogP contribution in [0.4, 0.5) is 0 Å². The molecule has 2 saturated heterocycles. The molecule has 0 aromatic carbocycles. The van der Waals surface area contributed by atoms with Crippen LogP contribution in [0.2, 0.25) is 0 Å². The predicted molar refractivity (Wildman–Crippen MR) is 258 cm³/mol. The lowest BCUT2D eigenvalue weighted by Gasteiger charge is -2.43. The molecule has 3 rings (SSSR count). The first-order valence-corrected chi connectivity index (χ1v) is 25.2. The van der Waals surface area contributed by atoms with Gasteiger partial charge in [-0.2, -0.15) is 0 Å². The van der Waals surface area contributed by atoms with Crippen LogP contribution in [-0.2, 0) is 62.0 Å². The number of piperidine rings is 1.